The Morgan fingerprint density at radius 3 is 2.91 bits per heavy atom. The average molecular weight is 500 g/mol. The zero-order valence-corrected chi connectivity index (χ0v) is 19.9. The maximum atomic E-state index is 15.5. The summed E-state index contributed by atoms with van der Waals surface area (Å²) in [5.41, 5.74) is 3.18. The summed E-state index contributed by atoms with van der Waals surface area (Å²) in [6.45, 7) is 3.63. The third-order valence-electron chi connectivity index (χ3n) is 5.97. The number of esters is 1. The molecule has 0 aliphatic heterocycles. The predicted octanol–water partition coefficient (Wildman–Crippen LogP) is 4.67. The van der Waals surface area contributed by atoms with E-state index in [0.29, 0.717) is 45.0 Å². The van der Waals surface area contributed by atoms with E-state index in [9.17, 15) is 14.0 Å². The minimum Gasteiger partial charge on any atom is -0.465 e. The van der Waals surface area contributed by atoms with Crippen LogP contribution in [0.15, 0.2) is 35.5 Å². The summed E-state index contributed by atoms with van der Waals surface area (Å²) in [5.74, 6) is -0.896. The van der Waals surface area contributed by atoms with Crippen LogP contribution in [0.25, 0.3) is 27.5 Å². The molecule has 0 bridgehead atoms. The molecule has 4 aromatic rings. The van der Waals surface area contributed by atoms with Gasteiger partial charge in [-0.15, -0.1) is 11.8 Å². The second kappa shape index (κ2) is 9.29. The third kappa shape index (κ3) is 4.47. The number of benzene rings is 1. The van der Waals surface area contributed by atoms with Gasteiger partial charge in [-0.1, -0.05) is 6.92 Å². The first-order chi connectivity index (χ1) is 16.9. The lowest BCUT2D eigenvalue weighted by molar-refractivity contribution is -0.142. The number of anilines is 1. The molecule has 2 N–H and O–H groups in total. The number of carbonyl (C=O) groups is 2. The quantitative estimate of drug-likeness (QED) is 0.208. The number of aromatic amines is 1. The molecule has 0 unspecified atom stereocenters. The van der Waals surface area contributed by atoms with Crippen molar-refractivity contribution in [3.05, 3.63) is 42.0 Å². The van der Waals surface area contributed by atoms with Crippen LogP contribution in [0.2, 0.25) is 0 Å². The number of H-pyrrole nitrogens is 1. The topological polar surface area (TPSA) is 101 Å². The summed E-state index contributed by atoms with van der Waals surface area (Å²) in [7, 11) is 0. The number of amides is 1. The molecular weight excluding hydrogens is 476 g/mol. The van der Waals surface area contributed by atoms with E-state index in [1.807, 2.05) is 12.1 Å². The van der Waals surface area contributed by atoms with Crippen LogP contribution in [0.1, 0.15) is 25.3 Å². The molecule has 2 atom stereocenters. The van der Waals surface area contributed by atoms with Gasteiger partial charge < -0.3 is 10.1 Å². The third-order valence-corrected chi connectivity index (χ3v) is 7.02. The number of thioether (sulfide) groups is 1. The lowest BCUT2D eigenvalue weighted by Crippen LogP contribution is -2.15. The van der Waals surface area contributed by atoms with Crippen LogP contribution in [0.3, 0.4) is 0 Å². The van der Waals surface area contributed by atoms with Crippen LogP contribution < -0.4 is 5.32 Å². The molecule has 1 aromatic carbocycles. The summed E-state index contributed by atoms with van der Waals surface area (Å²) in [6.07, 6.45) is 2.84. The molecule has 0 saturated heterocycles. The Kier molecular flexibility index (Phi) is 6.18. The number of nitrogens with one attached hydrogen (secondary N) is 2. The van der Waals surface area contributed by atoms with E-state index in [0.717, 1.165) is 10.9 Å². The van der Waals surface area contributed by atoms with E-state index in [-0.39, 0.29) is 30.7 Å². The van der Waals surface area contributed by atoms with Crippen molar-refractivity contribution in [2.24, 2.45) is 5.92 Å². The predicted molar refractivity (Wildman–Crippen MR) is 129 cm³/mol. The SMILES string of the molecule is CCC(=O)OCCSc1c(F)c(C)c(-c2ccn3nc(NC(=O)[C@@H]4C[C@@H]4F)cc3c2)c2cn[nH]c12. The molecule has 1 aliphatic rings. The Morgan fingerprint density at radius 1 is 1.37 bits per heavy atom. The largest absolute Gasteiger partial charge is 0.465 e. The first-order valence-electron chi connectivity index (χ1n) is 11.3. The van der Waals surface area contributed by atoms with Crippen molar-refractivity contribution in [1.82, 2.24) is 19.8 Å². The van der Waals surface area contributed by atoms with Gasteiger partial charge in [0.15, 0.2) is 5.82 Å². The van der Waals surface area contributed by atoms with E-state index in [1.165, 1.54) is 11.8 Å². The molecule has 3 aromatic heterocycles. The Morgan fingerprint density at radius 2 is 2.17 bits per heavy atom. The standard InChI is InChI=1S/C24H23F2N5O3S/c1-3-19(32)34-6-7-35-23-21(26)12(2)20(16-11-27-29-22(16)23)13-4-5-31-14(8-13)9-18(30-31)28-24(33)15-10-17(15)25/h4-5,8-9,11,15,17H,3,6-7,10H2,1-2H3,(H,27,29)(H,28,30,33)/t15-,17+/m1/s1. The number of alkyl halides is 1. The molecule has 1 saturated carbocycles. The molecule has 5 rings (SSSR count). The second-order valence-electron chi connectivity index (χ2n) is 8.39. The number of carbonyl (C=O) groups excluding carboxylic acids is 2. The summed E-state index contributed by atoms with van der Waals surface area (Å²) in [4.78, 5) is 23.8. The van der Waals surface area contributed by atoms with Crippen molar-refractivity contribution < 1.29 is 23.1 Å². The van der Waals surface area contributed by atoms with Gasteiger partial charge in [0.05, 0.1) is 28.0 Å². The Balaban J connectivity index is 1.44. The molecule has 11 heteroatoms. The molecule has 3 heterocycles. The fourth-order valence-electron chi connectivity index (χ4n) is 4.01. The van der Waals surface area contributed by atoms with Crippen LogP contribution in [0.4, 0.5) is 14.6 Å². The molecule has 182 valence electrons. The molecule has 1 amide bonds. The zero-order valence-electron chi connectivity index (χ0n) is 19.1. The van der Waals surface area contributed by atoms with E-state index < -0.39 is 12.1 Å². The van der Waals surface area contributed by atoms with Gasteiger partial charge in [0, 0.05) is 29.8 Å². The monoisotopic (exact) mass is 499 g/mol. The van der Waals surface area contributed by atoms with Gasteiger partial charge >= 0.3 is 5.97 Å². The zero-order chi connectivity index (χ0) is 24.7. The lowest BCUT2D eigenvalue weighted by Gasteiger charge is -2.14. The van der Waals surface area contributed by atoms with Crippen molar-refractivity contribution in [3.63, 3.8) is 0 Å². The highest BCUT2D eigenvalue weighted by atomic mass is 32.2. The lowest BCUT2D eigenvalue weighted by atomic mass is 9.97. The summed E-state index contributed by atoms with van der Waals surface area (Å²) in [5, 5.41) is 14.8. The van der Waals surface area contributed by atoms with E-state index in [2.05, 4.69) is 20.6 Å². The fourth-order valence-corrected chi connectivity index (χ4v) is 4.97. The van der Waals surface area contributed by atoms with Gasteiger partial charge in [0.1, 0.15) is 18.6 Å². The summed E-state index contributed by atoms with van der Waals surface area (Å²) in [6, 6.07) is 5.36. The van der Waals surface area contributed by atoms with E-state index in [4.69, 9.17) is 4.74 Å². The van der Waals surface area contributed by atoms with Crippen LogP contribution in [0.5, 0.6) is 0 Å². The number of aromatic nitrogens is 4. The highest BCUT2D eigenvalue weighted by Gasteiger charge is 2.43. The molecular formula is C24H23F2N5O3S. The number of pyridine rings is 1. The molecule has 0 spiro atoms. The van der Waals surface area contributed by atoms with Gasteiger partial charge in [0.25, 0.3) is 0 Å². The summed E-state index contributed by atoms with van der Waals surface area (Å²) < 4.78 is 35.4. The van der Waals surface area contributed by atoms with Crippen molar-refractivity contribution in [2.45, 2.75) is 37.8 Å². The maximum Gasteiger partial charge on any atom is 0.305 e. The minimum atomic E-state index is -1.08. The highest BCUT2D eigenvalue weighted by molar-refractivity contribution is 7.99. The van der Waals surface area contributed by atoms with E-state index >= 15 is 4.39 Å². The molecule has 0 radical (unpaired) electrons. The minimum absolute atomic E-state index is 0.191. The van der Waals surface area contributed by atoms with Crippen molar-refractivity contribution >= 4 is 45.9 Å². The Labute approximate surface area is 203 Å². The number of nitrogens with zero attached hydrogens (tertiary/aromatic N) is 3. The Bertz CT molecular complexity index is 1450. The summed E-state index contributed by atoms with van der Waals surface area (Å²) >= 11 is 1.27. The van der Waals surface area contributed by atoms with Gasteiger partial charge in [-0.25, -0.2) is 13.3 Å². The van der Waals surface area contributed by atoms with Crippen molar-refractivity contribution in [1.29, 1.82) is 0 Å². The maximum absolute atomic E-state index is 15.5. The van der Waals surface area contributed by atoms with Gasteiger partial charge in [0.2, 0.25) is 5.91 Å². The number of hydrogen-bond donors (Lipinski definition) is 2. The number of rotatable bonds is 8. The number of ether oxygens (including phenoxy) is 1. The normalized spacial score (nSPS) is 17.1. The van der Waals surface area contributed by atoms with Crippen molar-refractivity contribution in [3.8, 4) is 11.1 Å². The van der Waals surface area contributed by atoms with Gasteiger partial charge in [-0.2, -0.15) is 10.2 Å². The highest BCUT2D eigenvalue weighted by Crippen LogP contribution is 2.40. The number of halogens is 2. The van der Waals surface area contributed by atoms with Crippen LogP contribution >= 0.6 is 11.8 Å². The number of fused-ring (bicyclic) bond motifs is 2. The first kappa shape index (κ1) is 23.3. The molecule has 8 nitrogen and oxygen atoms in total. The molecule has 1 aliphatic carbocycles. The fraction of sp³-hybridized carbons (Fsp3) is 0.333. The molecule has 35 heavy (non-hydrogen) atoms. The second-order valence-corrected chi connectivity index (χ2v) is 9.49. The molecule has 1 fully saturated rings. The Hall–Kier alpha value is -3.47. The average Bonchev–Trinajstić information content (AvgIpc) is 3.20. The van der Waals surface area contributed by atoms with Crippen LogP contribution in [-0.4, -0.2) is 50.2 Å². The smallest absolute Gasteiger partial charge is 0.305 e. The van der Waals surface area contributed by atoms with Gasteiger partial charge in [-0.05, 0) is 42.2 Å². The first-order valence-corrected chi connectivity index (χ1v) is 12.2. The van der Waals surface area contributed by atoms with Gasteiger partial charge in [-0.3, -0.25) is 14.7 Å². The number of hydrogen-bond acceptors (Lipinski definition) is 6. The van der Waals surface area contributed by atoms with Crippen LogP contribution in [-0.2, 0) is 14.3 Å². The van der Waals surface area contributed by atoms with E-state index in [1.54, 1.807) is 36.8 Å². The van der Waals surface area contributed by atoms with Crippen molar-refractivity contribution in [2.75, 3.05) is 17.7 Å². The van der Waals surface area contributed by atoms with Crippen LogP contribution in [0, 0.1) is 18.7 Å².